The van der Waals surface area contributed by atoms with Gasteiger partial charge in [-0.05, 0) is 38.4 Å². The molecular formula is C21H23FN6O2. The Kier molecular flexibility index (Phi) is 4.43. The average molecular weight is 410 g/mol. The lowest BCUT2D eigenvalue weighted by molar-refractivity contribution is 0.0701. The van der Waals surface area contributed by atoms with Crippen LogP contribution < -0.4 is 15.9 Å². The Morgan fingerprint density at radius 1 is 1.20 bits per heavy atom. The summed E-state index contributed by atoms with van der Waals surface area (Å²) in [6.45, 7) is 0. The lowest BCUT2D eigenvalue weighted by Crippen LogP contribution is -2.56. The van der Waals surface area contributed by atoms with Crippen molar-refractivity contribution in [3.8, 4) is 11.3 Å². The molecule has 2 fully saturated rings. The summed E-state index contributed by atoms with van der Waals surface area (Å²) in [5.41, 5.74) is 0.552. The molecule has 0 aliphatic carbocycles. The summed E-state index contributed by atoms with van der Waals surface area (Å²) in [6.07, 6.45) is 4.69. The van der Waals surface area contributed by atoms with Crippen LogP contribution in [0.25, 0.3) is 16.9 Å². The van der Waals surface area contributed by atoms with Crippen molar-refractivity contribution in [1.29, 1.82) is 0 Å². The second kappa shape index (κ2) is 7.02. The van der Waals surface area contributed by atoms with Crippen molar-refractivity contribution in [2.75, 3.05) is 19.0 Å². The third-order valence-electron chi connectivity index (χ3n) is 6.67. The summed E-state index contributed by atoms with van der Waals surface area (Å²) in [5, 5.41) is 8.47. The zero-order chi connectivity index (χ0) is 21.0. The monoisotopic (exact) mass is 410 g/mol. The number of anilines is 1. The van der Waals surface area contributed by atoms with Crippen molar-refractivity contribution in [2.45, 2.75) is 43.6 Å². The Hall–Kier alpha value is -3.07. The van der Waals surface area contributed by atoms with Crippen molar-refractivity contribution < 1.29 is 4.39 Å². The van der Waals surface area contributed by atoms with Gasteiger partial charge in [-0.3, -0.25) is 18.9 Å². The fourth-order valence-corrected chi connectivity index (χ4v) is 4.87. The zero-order valence-corrected chi connectivity index (χ0v) is 16.8. The largest absolute Gasteiger partial charge is 0.352 e. The van der Waals surface area contributed by atoms with Gasteiger partial charge >= 0.3 is 0 Å². The van der Waals surface area contributed by atoms with E-state index in [2.05, 4.69) is 20.1 Å². The summed E-state index contributed by atoms with van der Waals surface area (Å²) in [4.78, 5) is 31.5. The van der Waals surface area contributed by atoms with Gasteiger partial charge in [-0.15, -0.1) is 10.2 Å². The SMILES string of the molecule is CN1C2CCC1[C@@H](F)[C@@H](N(C)c1ccc(-c3cn4c(=O)cc[nH]c4cc3=O)nn1)C2. The standard InChI is InChI=1S/C21H23FN6O2/c1-26-12-3-5-15(26)21(22)16(9-12)27(2)18-6-4-14(24-25-18)13-11-28-19(10-17(13)29)23-8-7-20(28)30/h4,6-8,10-12,15-16,21,23H,3,5,9H2,1-2H3/t12?,15?,16-,21+/m0/s1. The fraction of sp³-hybridized carbons (Fsp3) is 0.429. The lowest BCUT2D eigenvalue weighted by atomic mass is 9.95. The predicted octanol–water partition coefficient (Wildman–Crippen LogP) is 1.45. The number of hydrogen-bond donors (Lipinski definition) is 1. The number of fused-ring (bicyclic) bond motifs is 3. The molecule has 0 radical (unpaired) electrons. The van der Waals surface area contributed by atoms with Crippen LogP contribution in [0.1, 0.15) is 19.3 Å². The van der Waals surface area contributed by atoms with E-state index in [1.165, 1.54) is 28.9 Å². The van der Waals surface area contributed by atoms with Gasteiger partial charge in [-0.1, -0.05) is 0 Å². The summed E-state index contributed by atoms with van der Waals surface area (Å²) in [5.74, 6) is 0.564. The molecular weight excluding hydrogens is 387 g/mol. The maximum Gasteiger partial charge on any atom is 0.257 e. The molecule has 0 saturated carbocycles. The molecule has 2 aliphatic heterocycles. The van der Waals surface area contributed by atoms with Gasteiger partial charge in [0.15, 0.2) is 11.2 Å². The molecule has 0 spiro atoms. The third kappa shape index (κ3) is 2.92. The maximum absolute atomic E-state index is 15.1. The summed E-state index contributed by atoms with van der Waals surface area (Å²) >= 11 is 0. The van der Waals surface area contributed by atoms with Crippen LogP contribution in [0.15, 0.2) is 46.2 Å². The van der Waals surface area contributed by atoms with Gasteiger partial charge in [0.2, 0.25) is 0 Å². The van der Waals surface area contributed by atoms with Crippen molar-refractivity contribution in [2.24, 2.45) is 0 Å². The first-order valence-corrected chi connectivity index (χ1v) is 10.1. The van der Waals surface area contributed by atoms with Crippen LogP contribution in [-0.4, -0.2) is 62.9 Å². The van der Waals surface area contributed by atoms with E-state index in [4.69, 9.17) is 0 Å². The molecule has 2 bridgehead atoms. The van der Waals surface area contributed by atoms with Crippen LogP contribution in [0, 0.1) is 0 Å². The van der Waals surface area contributed by atoms with Crippen molar-refractivity contribution in [1.82, 2.24) is 24.5 Å². The molecule has 5 heterocycles. The van der Waals surface area contributed by atoms with Gasteiger partial charge in [-0.25, -0.2) is 4.39 Å². The minimum atomic E-state index is -0.947. The van der Waals surface area contributed by atoms with Crippen LogP contribution in [0.4, 0.5) is 10.2 Å². The van der Waals surface area contributed by atoms with Gasteiger partial charge in [0, 0.05) is 43.7 Å². The molecule has 156 valence electrons. The fourth-order valence-electron chi connectivity index (χ4n) is 4.87. The van der Waals surface area contributed by atoms with E-state index in [0.29, 0.717) is 23.2 Å². The second-order valence-corrected chi connectivity index (χ2v) is 8.22. The van der Waals surface area contributed by atoms with Crippen molar-refractivity contribution >= 4 is 11.5 Å². The Morgan fingerprint density at radius 2 is 2.03 bits per heavy atom. The highest BCUT2D eigenvalue weighted by molar-refractivity contribution is 5.61. The summed E-state index contributed by atoms with van der Waals surface area (Å²) < 4.78 is 16.5. The normalized spacial score (nSPS) is 26.2. The molecule has 2 saturated heterocycles. The highest BCUT2D eigenvalue weighted by Gasteiger charge is 2.47. The molecule has 8 nitrogen and oxygen atoms in total. The topological polar surface area (TPSA) is 86.6 Å². The van der Waals surface area contributed by atoms with E-state index in [1.807, 2.05) is 19.0 Å². The highest BCUT2D eigenvalue weighted by Crippen LogP contribution is 2.38. The lowest BCUT2D eigenvalue weighted by Gasteiger charge is -2.43. The number of H-pyrrole nitrogens is 1. The Balaban J connectivity index is 1.44. The smallest absolute Gasteiger partial charge is 0.257 e. The van der Waals surface area contributed by atoms with Gasteiger partial charge in [-0.2, -0.15) is 0 Å². The van der Waals surface area contributed by atoms with E-state index >= 15 is 4.39 Å². The quantitative estimate of drug-likeness (QED) is 0.704. The van der Waals surface area contributed by atoms with Gasteiger partial charge in [0.05, 0.1) is 17.3 Å². The number of piperidine rings is 1. The Bertz CT molecular complexity index is 1210. The van der Waals surface area contributed by atoms with Gasteiger partial charge in [0.25, 0.3) is 5.56 Å². The van der Waals surface area contributed by atoms with Crippen LogP contribution in [0.2, 0.25) is 0 Å². The zero-order valence-electron chi connectivity index (χ0n) is 16.8. The molecule has 0 amide bonds. The van der Waals surface area contributed by atoms with Crippen molar-refractivity contribution in [3.63, 3.8) is 0 Å². The summed E-state index contributed by atoms with van der Waals surface area (Å²) in [7, 11) is 3.85. The molecule has 0 aromatic carbocycles. The Morgan fingerprint density at radius 3 is 2.80 bits per heavy atom. The first-order chi connectivity index (χ1) is 14.4. The van der Waals surface area contributed by atoms with E-state index in [9.17, 15) is 9.59 Å². The molecule has 1 N–H and O–H groups in total. The number of nitrogens with zero attached hydrogens (tertiary/aromatic N) is 5. The first kappa shape index (κ1) is 18.9. The van der Waals surface area contributed by atoms with Crippen molar-refractivity contribution in [3.05, 3.63) is 57.2 Å². The number of halogens is 1. The predicted molar refractivity (Wildman–Crippen MR) is 112 cm³/mol. The van der Waals surface area contributed by atoms with E-state index in [-0.39, 0.29) is 28.6 Å². The van der Waals surface area contributed by atoms with E-state index in [0.717, 1.165) is 19.3 Å². The van der Waals surface area contributed by atoms with Crippen LogP contribution >= 0.6 is 0 Å². The molecule has 5 rings (SSSR count). The highest BCUT2D eigenvalue weighted by atomic mass is 19.1. The molecule has 9 heteroatoms. The number of nitrogens with one attached hydrogen (secondary N) is 1. The molecule has 3 aromatic rings. The van der Waals surface area contributed by atoms with Gasteiger partial charge < -0.3 is 9.88 Å². The van der Waals surface area contributed by atoms with Crippen LogP contribution in [0.5, 0.6) is 0 Å². The molecule has 3 aromatic heterocycles. The van der Waals surface area contributed by atoms with Crippen LogP contribution in [0.3, 0.4) is 0 Å². The van der Waals surface area contributed by atoms with Crippen LogP contribution in [-0.2, 0) is 0 Å². The number of pyridine rings is 1. The minimum Gasteiger partial charge on any atom is -0.352 e. The molecule has 2 unspecified atom stereocenters. The average Bonchev–Trinajstić information content (AvgIpc) is 3.00. The van der Waals surface area contributed by atoms with E-state index < -0.39 is 6.17 Å². The van der Waals surface area contributed by atoms with E-state index in [1.54, 1.807) is 12.1 Å². The number of rotatable bonds is 3. The molecule has 30 heavy (non-hydrogen) atoms. The number of hydrogen-bond acceptors (Lipinski definition) is 6. The summed E-state index contributed by atoms with van der Waals surface area (Å²) in [6, 6.07) is 6.29. The third-order valence-corrected chi connectivity index (χ3v) is 6.67. The Labute approximate surface area is 172 Å². The number of aromatic nitrogens is 4. The molecule has 2 aliphatic rings. The first-order valence-electron chi connectivity index (χ1n) is 10.1. The number of alkyl halides is 1. The van der Waals surface area contributed by atoms with Gasteiger partial charge in [0.1, 0.15) is 11.8 Å². The molecule has 4 atom stereocenters. The number of aromatic amines is 1. The minimum absolute atomic E-state index is 0.0424. The maximum atomic E-state index is 15.1. The second-order valence-electron chi connectivity index (χ2n) is 8.22.